The zero-order valence-corrected chi connectivity index (χ0v) is 28.7. The number of hydrogen-bond acceptors (Lipinski definition) is 6. The Kier molecular flexibility index (Phi) is 12.3. The summed E-state index contributed by atoms with van der Waals surface area (Å²) in [5, 5.41) is 15.7. The number of aromatic hydroxyl groups is 1. The maximum Gasteiger partial charge on any atom is 0.323 e. The Morgan fingerprint density at radius 1 is 0.979 bits per heavy atom. The Bertz CT molecular complexity index is 1540. The topological polar surface area (TPSA) is 143 Å². The number of hydrogen-bond donors (Lipinski definition) is 4. The van der Waals surface area contributed by atoms with Crippen LogP contribution in [0.1, 0.15) is 61.5 Å². The highest BCUT2D eigenvalue weighted by Crippen LogP contribution is 2.33. The molecule has 0 aromatic heterocycles. The largest absolute Gasteiger partial charge is 0.508 e. The van der Waals surface area contributed by atoms with Gasteiger partial charge < -0.3 is 40.3 Å². The number of benzene rings is 3. The third kappa shape index (κ3) is 9.19. The summed E-state index contributed by atoms with van der Waals surface area (Å²) in [6.07, 6.45) is 2.69. The Morgan fingerprint density at radius 3 is 2.25 bits per heavy atom. The highest BCUT2D eigenvalue weighted by Gasteiger charge is 2.43. The van der Waals surface area contributed by atoms with E-state index >= 15 is 0 Å². The van der Waals surface area contributed by atoms with Crippen molar-refractivity contribution in [3.63, 3.8) is 0 Å². The summed E-state index contributed by atoms with van der Waals surface area (Å²) in [6, 6.07) is 17.5. The van der Waals surface area contributed by atoms with Crippen molar-refractivity contribution in [1.29, 1.82) is 0 Å². The first-order valence-corrected chi connectivity index (χ1v) is 16.6. The van der Waals surface area contributed by atoms with Crippen LogP contribution in [-0.2, 0) is 17.8 Å². The summed E-state index contributed by atoms with van der Waals surface area (Å²) < 4.78 is 11.8. The first-order chi connectivity index (χ1) is 23.0. The third-order valence-electron chi connectivity index (χ3n) is 8.91. The summed E-state index contributed by atoms with van der Waals surface area (Å²) in [5.41, 5.74) is 8.90. The van der Waals surface area contributed by atoms with E-state index in [-0.39, 0.29) is 30.2 Å². The standard InChI is InChI=1S/C37H49N5O6/c1-6-19-42(23-27-11-18-33(47-4)34(22-27)48-5)20-7-8-30(24-42)41(32(35(38)44)21-26-9-16-31(43)17-10-26)37(46)40-29-14-12-28(13-15-29)36(45)39-25(2)3/h9-18,22,25,30,32H,6-8,19-21,23-24H2,1-5H3,(H4-,38,39,40,43,44,45,46)/p+1/t30-,32+,42?/m1/s1. The molecule has 5 N–H and O–H groups in total. The fourth-order valence-electron chi connectivity index (χ4n) is 6.78. The van der Waals surface area contributed by atoms with Gasteiger partial charge in [0, 0.05) is 29.3 Å². The molecule has 3 aromatic carbocycles. The Labute approximate surface area is 283 Å². The molecule has 0 spiro atoms. The van der Waals surface area contributed by atoms with Gasteiger partial charge in [0.25, 0.3) is 5.91 Å². The lowest BCUT2D eigenvalue weighted by Gasteiger charge is -2.48. The van der Waals surface area contributed by atoms with E-state index in [1.807, 2.05) is 32.0 Å². The zero-order valence-electron chi connectivity index (χ0n) is 28.7. The van der Waals surface area contributed by atoms with E-state index in [1.54, 1.807) is 67.7 Å². The second-order valence-corrected chi connectivity index (χ2v) is 12.9. The van der Waals surface area contributed by atoms with E-state index < -0.39 is 18.0 Å². The van der Waals surface area contributed by atoms with Crippen molar-refractivity contribution >= 4 is 23.5 Å². The van der Waals surface area contributed by atoms with Crippen molar-refractivity contribution in [3.05, 3.63) is 83.4 Å². The van der Waals surface area contributed by atoms with Gasteiger partial charge in [-0.15, -0.1) is 0 Å². The molecule has 0 radical (unpaired) electrons. The van der Waals surface area contributed by atoms with Crippen molar-refractivity contribution in [2.75, 3.05) is 39.2 Å². The molecular formula is C37H50N5O6+. The quantitative estimate of drug-likeness (QED) is 0.178. The molecule has 1 aliphatic heterocycles. The van der Waals surface area contributed by atoms with Crippen LogP contribution in [0.5, 0.6) is 17.2 Å². The van der Waals surface area contributed by atoms with E-state index in [9.17, 15) is 19.5 Å². The van der Waals surface area contributed by atoms with Crippen molar-refractivity contribution in [2.24, 2.45) is 5.73 Å². The maximum atomic E-state index is 14.3. The van der Waals surface area contributed by atoms with Gasteiger partial charge in [0.05, 0.1) is 39.9 Å². The summed E-state index contributed by atoms with van der Waals surface area (Å²) in [5.74, 6) is 0.620. The zero-order chi connectivity index (χ0) is 34.8. The van der Waals surface area contributed by atoms with Crippen molar-refractivity contribution in [2.45, 2.75) is 71.1 Å². The van der Waals surface area contributed by atoms with Gasteiger partial charge in [-0.3, -0.25) is 9.59 Å². The van der Waals surface area contributed by atoms with Crippen LogP contribution in [-0.4, -0.2) is 84.3 Å². The van der Waals surface area contributed by atoms with E-state index in [0.29, 0.717) is 35.7 Å². The van der Waals surface area contributed by atoms with Crippen LogP contribution in [0.3, 0.4) is 0 Å². The summed E-state index contributed by atoms with van der Waals surface area (Å²) >= 11 is 0. The lowest BCUT2D eigenvalue weighted by molar-refractivity contribution is -0.946. The monoisotopic (exact) mass is 660 g/mol. The molecule has 4 rings (SSSR count). The minimum absolute atomic E-state index is 0.00905. The van der Waals surface area contributed by atoms with Gasteiger partial charge in [0.15, 0.2) is 11.5 Å². The van der Waals surface area contributed by atoms with Crippen molar-refractivity contribution in [1.82, 2.24) is 10.2 Å². The van der Waals surface area contributed by atoms with Gasteiger partial charge in [-0.2, -0.15) is 0 Å². The number of amides is 4. The van der Waals surface area contributed by atoms with Crippen molar-refractivity contribution < 1.29 is 33.4 Å². The number of rotatable bonds is 14. The number of quaternary nitrogens is 1. The number of urea groups is 1. The second kappa shape index (κ2) is 16.4. The smallest absolute Gasteiger partial charge is 0.323 e. The van der Waals surface area contributed by atoms with Crippen LogP contribution >= 0.6 is 0 Å². The average molecular weight is 661 g/mol. The number of methoxy groups -OCH3 is 2. The van der Waals surface area contributed by atoms with Gasteiger partial charge in [-0.05, 0) is 93.3 Å². The highest BCUT2D eigenvalue weighted by atomic mass is 16.5. The number of ether oxygens (including phenoxy) is 2. The number of phenolic OH excluding ortho intramolecular Hbond substituents is 1. The number of nitrogens with two attached hydrogens (primary N) is 1. The summed E-state index contributed by atoms with van der Waals surface area (Å²) in [4.78, 5) is 41.6. The lowest BCUT2D eigenvalue weighted by Crippen LogP contribution is -2.64. The SMILES string of the molecule is CCC[N+]1(Cc2ccc(OC)c(OC)c2)CCC[C@@H](N(C(=O)Nc2ccc(C(=O)NC(C)C)cc2)[C@@H](Cc2ccc(O)cc2)C(N)=O)C1. The van der Waals surface area contributed by atoms with Crippen LogP contribution in [0.25, 0.3) is 0 Å². The number of nitrogens with zero attached hydrogens (tertiary/aromatic N) is 2. The summed E-state index contributed by atoms with van der Waals surface area (Å²) in [7, 11) is 3.24. The molecule has 11 heteroatoms. The predicted octanol–water partition coefficient (Wildman–Crippen LogP) is 5.07. The number of nitrogens with one attached hydrogen (secondary N) is 2. The molecule has 0 bridgehead atoms. The van der Waals surface area contributed by atoms with Crippen LogP contribution in [0.2, 0.25) is 0 Å². The number of carbonyl (C=O) groups excluding carboxylic acids is 3. The molecule has 258 valence electrons. The molecule has 3 atom stereocenters. The number of likely N-dealkylation sites (tertiary alicyclic amines) is 1. The van der Waals surface area contributed by atoms with Gasteiger partial charge >= 0.3 is 6.03 Å². The van der Waals surface area contributed by atoms with Gasteiger partial charge in [-0.25, -0.2) is 4.79 Å². The first kappa shape index (κ1) is 36.1. The average Bonchev–Trinajstić information content (AvgIpc) is 3.05. The fourth-order valence-corrected chi connectivity index (χ4v) is 6.78. The molecule has 1 saturated heterocycles. The van der Waals surface area contributed by atoms with E-state index in [1.165, 1.54) is 0 Å². The maximum absolute atomic E-state index is 14.3. The number of piperidine rings is 1. The molecule has 1 heterocycles. The molecule has 1 aliphatic rings. The van der Waals surface area contributed by atoms with Gasteiger partial charge in [0.1, 0.15) is 18.3 Å². The molecule has 0 saturated carbocycles. The van der Waals surface area contributed by atoms with Crippen LogP contribution < -0.4 is 25.8 Å². The van der Waals surface area contributed by atoms with Gasteiger partial charge in [-0.1, -0.05) is 19.1 Å². The Balaban J connectivity index is 1.67. The molecule has 0 aliphatic carbocycles. The highest BCUT2D eigenvalue weighted by molar-refractivity contribution is 5.96. The third-order valence-corrected chi connectivity index (χ3v) is 8.91. The van der Waals surface area contributed by atoms with E-state index in [0.717, 1.165) is 48.1 Å². The Morgan fingerprint density at radius 2 is 1.65 bits per heavy atom. The molecular weight excluding hydrogens is 610 g/mol. The minimum atomic E-state index is -0.946. The van der Waals surface area contributed by atoms with Crippen LogP contribution in [0.4, 0.5) is 10.5 Å². The number of carbonyl (C=O) groups is 3. The normalized spacial score (nSPS) is 18.1. The molecule has 48 heavy (non-hydrogen) atoms. The Hall–Kier alpha value is -4.77. The summed E-state index contributed by atoms with van der Waals surface area (Å²) in [6.45, 7) is 9.10. The fraction of sp³-hybridized carbons (Fsp3) is 0.432. The number of phenols is 1. The number of primary amides is 1. The van der Waals surface area contributed by atoms with Crippen molar-refractivity contribution in [3.8, 4) is 17.2 Å². The lowest BCUT2D eigenvalue weighted by atomic mass is 9.95. The minimum Gasteiger partial charge on any atom is -0.508 e. The van der Waals surface area contributed by atoms with Crippen LogP contribution in [0.15, 0.2) is 66.7 Å². The molecule has 3 aromatic rings. The van der Waals surface area contributed by atoms with E-state index in [4.69, 9.17) is 15.2 Å². The second-order valence-electron chi connectivity index (χ2n) is 12.9. The van der Waals surface area contributed by atoms with E-state index in [2.05, 4.69) is 17.6 Å². The molecule has 11 nitrogen and oxygen atoms in total. The molecule has 1 unspecified atom stereocenters. The predicted molar refractivity (Wildman–Crippen MR) is 186 cm³/mol. The molecule has 4 amide bonds. The number of anilines is 1. The first-order valence-electron chi connectivity index (χ1n) is 16.6. The van der Waals surface area contributed by atoms with Crippen LogP contribution in [0, 0.1) is 0 Å². The molecule has 1 fully saturated rings. The van der Waals surface area contributed by atoms with Gasteiger partial charge in [0.2, 0.25) is 5.91 Å².